The van der Waals surface area contributed by atoms with Crippen molar-refractivity contribution in [1.29, 1.82) is 0 Å². The maximum atomic E-state index is 2.40. The fourth-order valence-corrected chi connectivity index (χ4v) is 3.61. The summed E-state index contributed by atoms with van der Waals surface area (Å²) in [7, 11) is 0. The fraction of sp³-hybridized carbons (Fsp3) is 0.238. The highest BCUT2D eigenvalue weighted by atomic mass is 14.3. The third-order valence-electron chi connectivity index (χ3n) is 5.11. The van der Waals surface area contributed by atoms with E-state index >= 15 is 0 Å². The summed E-state index contributed by atoms with van der Waals surface area (Å²) in [5.74, 6) is 1.47. The van der Waals surface area contributed by atoms with Crippen LogP contribution in [0.4, 0.5) is 0 Å². The van der Waals surface area contributed by atoms with Gasteiger partial charge in [-0.05, 0) is 57.3 Å². The second-order valence-corrected chi connectivity index (χ2v) is 6.45. The summed E-state index contributed by atoms with van der Waals surface area (Å²) in [6.45, 7) is 4.71. The van der Waals surface area contributed by atoms with Gasteiger partial charge in [0.2, 0.25) is 0 Å². The van der Waals surface area contributed by atoms with Gasteiger partial charge in [0.25, 0.3) is 0 Å². The molecule has 104 valence electrons. The van der Waals surface area contributed by atoms with Gasteiger partial charge in [0.15, 0.2) is 0 Å². The Bertz CT molecular complexity index is 813. The third kappa shape index (κ3) is 2.06. The molecule has 2 atom stereocenters. The van der Waals surface area contributed by atoms with Crippen LogP contribution in [0, 0.1) is 5.92 Å². The molecule has 4 rings (SSSR count). The van der Waals surface area contributed by atoms with E-state index in [4.69, 9.17) is 0 Å². The van der Waals surface area contributed by atoms with Crippen LogP contribution < -0.4 is 0 Å². The van der Waals surface area contributed by atoms with Crippen molar-refractivity contribution in [2.75, 3.05) is 0 Å². The Labute approximate surface area is 126 Å². The van der Waals surface area contributed by atoms with Crippen LogP contribution >= 0.6 is 0 Å². The highest BCUT2D eigenvalue weighted by molar-refractivity contribution is 5.87. The van der Waals surface area contributed by atoms with Crippen LogP contribution in [-0.4, -0.2) is 0 Å². The second-order valence-electron chi connectivity index (χ2n) is 6.45. The molecule has 0 aromatic heterocycles. The van der Waals surface area contributed by atoms with E-state index < -0.39 is 0 Å². The monoisotopic (exact) mass is 272 g/mol. The fourth-order valence-electron chi connectivity index (χ4n) is 3.61. The van der Waals surface area contributed by atoms with Crippen LogP contribution in [0.25, 0.3) is 21.9 Å². The number of benzene rings is 3. The first-order valence-electron chi connectivity index (χ1n) is 7.84. The zero-order valence-electron chi connectivity index (χ0n) is 12.6. The molecule has 0 saturated heterocycles. The molecule has 0 heteroatoms. The summed E-state index contributed by atoms with van der Waals surface area (Å²) in [5, 5.41) is 2.63. The van der Waals surface area contributed by atoms with Crippen LogP contribution in [0.1, 0.15) is 30.9 Å². The molecular weight excluding hydrogens is 252 g/mol. The van der Waals surface area contributed by atoms with E-state index in [-0.39, 0.29) is 0 Å². The van der Waals surface area contributed by atoms with E-state index in [1.54, 1.807) is 11.1 Å². The summed E-state index contributed by atoms with van der Waals surface area (Å²) in [4.78, 5) is 0. The van der Waals surface area contributed by atoms with Gasteiger partial charge in [-0.25, -0.2) is 0 Å². The molecule has 0 nitrogen and oxygen atoms in total. The van der Waals surface area contributed by atoms with Crippen molar-refractivity contribution in [3.05, 3.63) is 71.8 Å². The SMILES string of the molecule is CC1Cc2cc(-c3ccc4ccccc4c3)ccc2C1C. The molecule has 0 amide bonds. The Morgan fingerprint density at radius 1 is 0.762 bits per heavy atom. The lowest BCUT2D eigenvalue weighted by Gasteiger charge is -2.10. The molecular formula is C21H20. The molecule has 3 aromatic rings. The lowest BCUT2D eigenvalue weighted by molar-refractivity contribution is 0.532. The smallest absolute Gasteiger partial charge is 0.0159 e. The Morgan fingerprint density at radius 3 is 2.33 bits per heavy atom. The van der Waals surface area contributed by atoms with E-state index in [1.807, 2.05) is 0 Å². The van der Waals surface area contributed by atoms with Gasteiger partial charge in [0.1, 0.15) is 0 Å². The Hall–Kier alpha value is -2.08. The minimum atomic E-state index is 0.700. The van der Waals surface area contributed by atoms with Crippen LogP contribution in [-0.2, 0) is 6.42 Å². The molecule has 2 unspecified atom stereocenters. The molecule has 0 spiro atoms. The number of rotatable bonds is 1. The van der Waals surface area contributed by atoms with E-state index in [0.717, 1.165) is 5.92 Å². The molecule has 0 bridgehead atoms. The topological polar surface area (TPSA) is 0 Å². The minimum absolute atomic E-state index is 0.700. The Morgan fingerprint density at radius 2 is 1.48 bits per heavy atom. The normalized spacial score (nSPS) is 20.7. The Kier molecular flexibility index (Phi) is 2.85. The van der Waals surface area contributed by atoms with E-state index in [9.17, 15) is 0 Å². The van der Waals surface area contributed by atoms with Crippen molar-refractivity contribution in [3.63, 3.8) is 0 Å². The highest BCUT2D eigenvalue weighted by Crippen LogP contribution is 2.39. The van der Waals surface area contributed by atoms with Gasteiger partial charge in [-0.15, -0.1) is 0 Å². The zero-order chi connectivity index (χ0) is 14.4. The molecule has 21 heavy (non-hydrogen) atoms. The largest absolute Gasteiger partial charge is 0.0616 e. The maximum Gasteiger partial charge on any atom is -0.0159 e. The van der Waals surface area contributed by atoms with Crippen molar-refractivity contribution in [1.82, 2.24) is 0 Å². The highest BCUT2D eigenvalue weighted by Gasteiger charge is 2.25. The van der Waals surface area contributed by atoms with Gasteiger partial charge in [0, 0.05) is 0 Å². The summed E-state index contributed by atoms with van der Waals surface area (Å²) in [5.41, 5.74) is 5.76. The van der Waals surface area contributed by atoms with Crippen LogP contribution in [0.3, 0.4) is 0 Å². The number of hydrogen-bond acceptors (Lipinski definition) is 0. The molecule has 1 aliphatic carbocycles. The van der Waals surface area contributed by atoms with Crippen LogP contribution in [0.2, 0.25) is 0 Å². The van der Waals surface area contributed by atoms with Crippen molar-refractivity contribution < 1.29 is 0 Å². The first-order valence-corrected chi connectivity index (χ1v) is 7.84. The summed E-state index contributed by atoms with van der Waals surface area (Å²) in [6.07, 6.45) is 1.22. The average molecular weight is 272 g/mol. The second kappa shape index (κ2) is 4.73. The van der Waals surface area contributed by atoms with Gasteiger partial charge < -0.3 is 0 Å². The van der Waals surface area contributed by atoms with Crippen molar-refractivity contribution in [2.45, 2.75) is 26.2 Å². The molecule has 0 aliphatic heterocycles. The quantitative estimate of drug-likeness (QED) is 0.525. The lowest BCUT2D eigenvalue weighted by Crippen LogP contribution is -1.97. The molecule has 0 radical (unpaired) electrons. The van der Waals surface area contributed by atoms with Gasteiger partial charge in [-0.1, -0.05) is 68.4 Å². The lowest BCUT2D eigenvalue weighted by atomic mass is 9.95. The Balaban J connectivity index is 1.81. The van der Waals surface area contributed by atoms with E-state index in [1.165, 1.54) is 28.3 Å². The third-order valence-corrected chi connectivity index (χ3v) is 5.11. The summed E-state index contributed by atoms with van der Waals surface area (Å²) >= 11 is 0. The average Bonchev–Trinajstić information content (AvgIpc) is 2.81. The van der Waals surface area contributed by atoms with Crippen LogP contribution in [0.15, 0.2) is 60.7 Å². The molecule has 0 fully saturated rings. The van der Waals surface area contributed by atoms with Gasteiger partial charge in [-0.2, -0.15) is 0 Å². The maximum absolute atomic E-state index is 2.40. The molecule has 0 N–H and O–H groups in total. The standard InChI is InChI=1S/C21H20/c1-14-11-20-13-19(9-10-21(20)15(14)2)18-8-7-16-5-3-4-6-17(16)12-18/h3-10,12-15H,11H2,1-2H3. The molecule has 3 aromatic carbocycles. The summed E-state index contributed by atoms with van der Waals surface area (Å²) in [6, 6.07) is 22.4. The van der Waals surface area contributed by atoms with Crippen molar-refractivity contribution in [2.24, 2.45) is 5.92 Å². The zero-order valence-corrected chi connectivity index (χ0v) is 12.6. The predicted octanol–water partition coefficient (Wildman–Crippen LogP) is 5.80. The number of fused-ring (bicyclic) bond motifs is 2. The van der Waals surface area contributed by atoms with E-state index in [2.05, 4.69) is 74.5 Å². The molecule has 1 aliphatic rings. The first kappa shape index (κ1) is 12.6. The molecule has 0 heterocycles. The summed E-state index contributed by atoms with van der Waals surface area (Å²) < 4.78 is 0. The van der Waals surface area contributed by atoms with Gasteiger partial charge >= 0.3 is 0 Å². The minimum Gasteiger partial charge on any atom is -0.0616 e. The van der Waals surface area contributed by atoms with Crippen LogP contribution in [0.5, 0.6) is 0 Å². The predicted molar refractivity (Wildman–Crippen MR) is 90.7 cm³/mol. The van der Waals surface area contributed by atoms with Gasteiger partial charge in [0.05, 0.1) is 0 Å². The van der Waals surface area contributed by atoms with Crippen molar-refractivity contribution in [3.8, 4) is 11.1 Å². The van der Waals surface area contributed by atoms with E-state index in [0.29, 0.717) is 5.92 Å². The van der Waals surface area contributed by atoms with Gasteiger partial charge in [-0.3, -0.25) is 0 Å². The first-order chi connectivity index (χ1) is 10.2. The number of hydrogen-bond donors (Lipinski definition) is 0. The molecule has 0 saturated carbocycles. The van der Waals surface area contributed by atoms with Crippen molar-refractivity contribution >= 4 is 10.8 Å².